The number of nitrogens with zero attached hydrogens (tertiary/aromatic N) is 3. The maximum atomic E-state index is 13.1. The average molecular weight is 247 g/mol. The van der Waals surface area contributed by atoms with Crippen molar-refractivity contribution in [1.82, 2.24) is 14.0 Å². The number of halogens is 1. The van der Waals surface area contributed by atoms with Gasteiger partial charge in [0, 0.05) is 18.8 Å². The number of fused-ring (bicyclic) bond motifs is 3. The van der Waals surface area contributed by atoms with Crippen LogP contribution in [-0.4, -0.2) is 25.0 Å². The SMILES string of the molecule is Cc1c(C(=O)O)n2c3ccc(F)cc3nc2n1C. The molecule has 1 aromatic carbocycles. The van der Waals surface area contributed by atoms with E-state index in [2.05, 4.69) is 4.98 Å². The summed E-state index contributed by atoms with van der Waals surface area (Å²) in [5.41, 5.74) is 1.80. The highest BCUT2D eigenvalue weighted by atomic mass is 19.1. The number of aryl methyl sites for hydroxylation is 1. The maximum Gasteiger partial charge on any atom is 0.354 e. The van der Waals surface area contributed by atoms with Gasteiger partial charge in [-0.1, -0.05) is 0 Å². The van der Waals surface area contributed by atoms with Crippen LogP contribution in [0.25, 0.3) is 16.8 Å². The second-order valence-corrected chi connectivity index (χ2v) is 4.18. The molecule has 0 saturated carbocycles. The molecule has 2 aromatic heterocycles. The van der Waals surface area contributed by atoms with Crippen LogP contribution >= 0.6 is 0 Å². The molecule has 0 amide bonds. The van der Waals surface area contributed by atoms with Gasteiger partial charge in [0.1, 0.15) is 5.82 Å². The van der Waals surface area contributed by atoms with E-state index in [0.29, 0.717) is 22.5 Å². The standard InChI is InChI=1S/C12H10FN3O2/c1-6-10(11(17)18)16-9-4-3-7(13)5-8(9)14-12(16)15(6)2/h3-5H,1-2H3,(H,17,18). The number of carboxylic acid groups (broad SMARTS) is 1. The van der Waals surface area contributed by atoms with E-state index in [1.807, 2.05) is 0 Å². The molecule has 2 heterocycles. The number of rotatable bonds is 1. The van der Waals surface area contributed by atoms with Gasteiger partial charge < -0.3 is 9.67 Å². The molecule has 1 N–H and O–H groups in total. The van der Waals surface area contributed by atoms with Crippen molar-refractivity contribution in [2.45, 2.75) is 6.92 Å². The Labute approximate surface area is 101 Å². The smallest absolute Gasteiger partial charge is 0.354 e. The van der Waals surface area contributed by atoms with E-state index in [1.54, 1.807) is 18.5 Å². The van der Waals surface area contributed by atoms with Crippen LogP contribution in [-0.2, 0) is 7.05 Å². The number of hydrogen-bond acceptors (Lipinski definition) is 2. The van der Waals surface area contributed by atoms with Gasteiger partial charge in [-0.2, -0.15) is 0 Å². The Hall–Kier alpha value is -2.37. The van der Waals surface area contributed by atoms with Gasteiger partial charge in [-0.3, -0.25) is 4.40 Å². The van der Waals surface area contributed by atoms with Gasteiger partial charge >= 0.3 is 5.97 Å². The Kier molecular flexibility index (Phi) is 1.98. The fourth-order valence-electron chi connectivity index (χ4n) is 2.21. The van der Waals surface area contributed by atoms with E-state index in [-0.39, 0.29) is 11.5 Å². The van der Waals surface area contributed by atoms with Gasteiger partial charge in [-0.25, -0.2) is 14.2 Å². The molecule has 0 atom stereocenters. The van der Waals surface area contributed by atoms with Crippen molar-refractivity contribution >= 4 is 22.8 Å². The van der Waals surface area contributed by atoms with Gasteiger partial charge in [0.2, 0.25) is 5.78 Å². The summed E-state index contributed by atoms with van der Waals surface area (Å²) in [5, 5.41) is 9.27. The number of aromatic nitrogens is 3. The van der Waals surface area contributed by atoms with Crippen LogP contribution in [0.3, 0.4) is 0 Å². The molecule has 3 rings (SSSR count). The van der Waals surface area contributed by atoms with Crippen molar-refractivity contribution in [1.29, 1.82) is 0 Å². The van der Waals surface area contributed by atoms with Gasteiger partial charge in [0.05, 0.1) is 11.0 Å². The zero-order valence-electron chi connectivity index (χ0n) is 9.81. The van der Waals surface area contributed by atoms with Crippen LogP contribution in [0.15, 0.2) is 18.2 Å². The minimum absolute atomic E-state index is 0.154. The number of carbonyl (C=O) groups is 1. The number of imidazole rings is 2. The van der Waals surface area contributed by atoms with Crippen LogP contribution in [0.4, 0.5) is 4.39 Å². The summed E-state index contributed by atoms with van der Waals surface area (Å²) in [5.74, 6) is -0.924. The first-order valence-electron chi connectivity index (χ1n) is 5.37. The average Bonchev–Trinajstić information content (AvgIpc) is 2.76. The summed E-state index contributed by atoms with van der Waals surface area (Å²) >= 11 is 0. The van der Waals surface area contributed by atoms with E-state index in [0.717, 1.165) is 0 Å². The Bertz CT molecular complexity index is 801. The van der Waals surface area contributed by atoms with Gasteiger partial charge in [0.15, 0.2) is 5.69 Å². The van der Waals surface area contributed by atoms with Crippen molar-refractivity contribution in [3.63, 3.8) is 0 Å². The molecule has 6 heteroatoms. The molecule has 0 aliphatic carbocycles. The molecule has 5 nitrogen and oxygen atoms in total. The normalized spacial score (nSPS) is 11.5. The van der Waals surface area contributed by atoms with E-state index in [9.17, 15) is 14.3 Å². The summed E-state index contributed by atoms with van der Waals surface area (Å²) in [4.78, 5) is 15.6. The number of aromatic carboxylic acids is 1. The first kappa shape index (κ1) is 10.8. The molecule has 92 valence electrons. The zero-order valence-corrected chi connectivity index (χ0v) is 9.81. The third-order valence-corrected chi connectivity index (χ3v) is 3.17. The van der Waals surface area contributed by atoms with Gasteiger partial charge in [0.25, 0.3) is 0 Å². The topological polar surface area (TPSA) is 59.5 Å². The molecule has 0 aliphatic rings. The number of carboxylic acids is 1. The van der Waals surface area contributed by atoms with Crippen molar-refractivity contribution < 1.29 is 14.3 Å². The number of hydrogen-bond donors (Lipinski definition) is 1. The molecule has 0 bridgehead atoms. The highest BCUT2D eigenvalue weighted by Gasteiger charge is 2.21. The fraction of sp³-hybridized carbons (Fsp3) is 0.167. The van der Waals surface area contributed by atoms with Crippen LogP contribution < -0.4 is 0 Å². The lowest BCUT2D eigenvalue weighted by molar-refractivity contribution is 0.0688. The summed E-state index contributed by atoms with van der Waals surface area (Å²) in [7, 11) is 1.74. The Balaban J connectivity index is 2.58. The molecule has 3 aromatic rings. The van der Waals surface area contributed by atoms with Crippen LogP contribution in [0, 0.1) is 12.7 Å². The summed E-state index contributed by atoms with van der Waals surface area (Å²) < 4.78 is 16.4. The van der Waals surface area contributed by atoms with Crippen molar-refractivity contribution in [2.24, 2.45) is 7.05 Å². The Morgan fingerprint density at radius 2 is 2.17 bits per heavy atom. The summed E-state index contributed by atoms with van der Waals surface area (Å²) in [6.07, 6.45) is 0. The molecular formula is C12H10FN3O2. The molecule has 0 fully saturated rings. The lowest BCUT2D eigenvalue weighted by atomic mass is 10.3. The zero-order chi connectivity index (χ0) is 13.0. The molecule has 18 heavy (non-hydrogen) atoms. The highest BCUT2D eigenvalue weighted by molar-refractivity contribution is 5.92. The predicted octanol–water partition coefficient (Wildman–Crippen LogP) is 1.97. The second-order valence-electron chi connectivity index (χ2n) is 4.18. The van der Waals surface area contributed by atoms with E-state index < -0.39 is 5.97 Å². The minimum atomic E-state index is -1.03. The Morgan fingerprint density at radius 1 is 1.44 bits per heavy atom. The highest BCUT2D eigenvalue weighted by Crippen LogP contribution is 2.23. The summed E-state index contributed by atoms with van der Waals surface area (Å²) in [6.45, 7) is 1.72. The molecule has 0 spiro atoms. The lowest BCUT2D eigenvalue weighted by Crippen LogP contribution is -2.03. The van der Waals surface area contributed by atoms with E-state index in [4.69, 9.17) is 0 Å². The molecular weight excluding hydrogens is 237 g/mol. The molecule has 0 radical (unpaired) electrons. The van der Waals surface area contributed by atoms with Crippen molar-refractivity contribution in [2.75, 3.05) is 0 Å². The largest absolute Gasteiger partial charge is 0.477 e. The first-order chi connectivity index (χ1) is 8.50. The van der Waals surface area contributed by atoms with Crippen molar-refractivity contribution in [3.8, 4) is 0 Å². The van der Waals surface area contributed by atoms with Crippen LogP contribution in [0.1, 0.15) is 16.2 Å². The van der Waals surface area contributed by atoms with Crippen LogP contribution in [0.2, 0.25) is 0 Å². The maximum absolute atomic E-state index is 13.1. The van der Waals surface area contributed by atoms with E-state index in [1.165, 1.54) is 22.6 Å². The van der Waals surface area contributed by atoms with Gasteiger partial charge in [-0.05, 0) is 19.1 Å². The van der Waals surface area contributed by atoms with Crippen molar-refractivity contribution in [3.05, 3.63) is 35.4 Å². The monoisotopic (exact) mass is 247 g/mol. The molecule has 0 saturated heterocycles. The third kappa shape index (κ3) is 1.20. The summed E-state index contributed by atoms with van der Waals surface area (Å²) in [6, 6.07) is 4.13. The number of benzene rings is 1. The second kappa shape index (κ2) is 3.32. The minimum Gasteiger partial charge on any atom is -0.477 e. The molecule has 0 aliphatic heterocycles. The Morgan fingerprint density at radius 3 is 2.83 bits per heavy atom. The van der Waals surface area contributed by atoms with E-state index >= 15 is 0 Å². The molecule has 0 unspecified atom stereocenters. The van der Waals surface area contributed by atoms with Gasteiger partial charge in [-0.15, -0.1) is 0 Å². The third-order valence-electron chi connectivity index (χ3n) is 3.17. The quantitative estimate of drug-likeness (QED) is 0.715. The first-order valence-corrected chi connectivity index (χ1v) is 5.37. The fourth-order valence-corrected chi connectivity index (χ4v) is 2.21. The predicted molar refractivity (Wildman–Crippen MR) is 63.3 cm³/mol. The lowest BCUT2D eigenvalue weighted by Gasteiger charge is -1.97. The van der Waals surface area contributed by atoms with Crippen LogP contribution in [0.5, 0.6) is 0 Å².